The fraction of sp³-hybridized carbons (Fsp3) is 0.562. The first-order chi connectivity index (χ1) is 31.6. The van der Waals surface area contributed by atoms with E-state index in [0.29, 0.717) is 17.5 Å². The number of nitrogens with zero attached hydrogens (tertiary/aromatic N) is 3. The van der Waals surface area contributed by atoms with Gasteiger partial charge in [-0.3, -0.25) is 38.4 Å². The molecular weight excluding hydrogens is 867 g/mol. The Morgan fingerprint density at radius 2 is 1.33 bits per heavy atom. The van der Waals surface area contributed by atoms with E-state index in [0.717, 1.165) is 9.80 Å². The standard InChI is InChI=1S/C48H67N7O12/c1-9-16-37(56)49-33(26-39(58)59)42(60)52-41-29(6)67-48(66)40(28(4)5)51-44(62)35(24-30-17-12-10-13-18-30)53(7)46(64)36(25-31-19-14-11-15-20-31)55-38(57)22-21-32(45(55)63)50-43(61)34(23-27(2)3)54(8)47(41)65/h10-15,17-20,27-29,32-36,38,40-41,57H,9,16,21-26H2,1-8H3,(H,49,56)(H,50,61)(H,51,62)(H,52,60)(H,58,59). The van der Waals surface area contributed by atoms with Gasteiger partial charge in [0.1, 0.15) is 54.6 Å². The second kappa shape index (κ2) is 24.4. The van der Waals surface area contributed by atoms with Crippen molar-refractivity contribution in [1.82, 2.24) is 36.0 Å². The van der Waals surface area contributed by atoms with Crippen LogP contribution < -0.4 is 21.3 Å². The maximum absolute atomic E-state index is 15.0. The van der Waals surface area contributed by atoms with Gasteiger partial charge in [-0.05, 0) is 55.6 Å². The van der Waals surface area contributed by atoms with Crippen LogP contribution in [0.3, 0.4) is 0 Å². The second-order valence-electron chi connectivity index (χ2n) is 18.1. The number of rotatable bonds is 14. The van der Waals surface area contributed by atoms with Crippen LogP contribution in [0.5, 0.6) is 0 Å². The highest BCUT2D eigenvalue weighted by Crippen LogP contribution is 2.26. The summed E-state index contributed by atoms with van der Waals surface area (Å²) >= 11 is 0. The fourth-order valence-corrected chi connectivity index (χ4v) is 8.29. The van der Waals surface area contributed by atoms with E-state index >= 15 is 4.79 Å². The van der Waals surface area contributed by atoms with Crippen molar-refractivity contribution < 1.29 is 58.1 Å². The molecule has 0 aliphatic carbocycles. The average molecular weight is 934 g/mol. The number of ether oxygens (including phenoxy) is 1. The first kappa shape index (κ1) is 53.2. The minimum absolute atomic E-state index is 0.0269. The molecule has 67 heavy (non-hydrogen) atoms. The number of aliphatic hydroxyl groups excluding tert-OH is 1. The number of aliphatic carboxylic acids is 1. The lowest BCUT2D eigenvalue weighted by atomic mass is 9.94. The van der Waals surface area contributed by atoms with Crippen molar-refractivity contribution in [2.75, 3.05) is 14.1 Å². The number of nitrogens with one attached hydrogen (secondary N) is 4. The quantitative estimate of drug-likeness (QED) is 0.147. The molecule has 0 radical (unpaired) electrons. The molecule has 7 amide bonds. The minimum Gasteiger partial charge on any atom is -0.481 e. The van der Waals surface area contributed by atoms with Crippen LogP contribution in [0.4, 0.5) is 0 Å². The number of carboxylic acids is 1. The Balaban J connectivity index is 1.90. The second-order valence-corrected chi connectivity index (χ2v) is 18.1. The van der Waals surface area contributed by atoms with Crippen LogP contribution in [-0.4, -0.2) is 147 Å². The lowest BCUT2D eigenvalue weighted by Crippen LogP contribution is -2.65. The third-order valence-corrected chi connectivity index (χ3v) is 12.1. The minimum atomic E-state index is -1.79. The molecule has 9 unspecified atom stereocenters. The predicted octanol–water partition coefficient (Wildman–Crippen LogP) is 1.30. The first-order valence-electron chi connectivity index (χ1n) is 22.9. The van der Waals surface area contributed by atoms with E-state index < -0.39 is 120 Å². The van der Waals surface area contributed by atoms with E-state index in [1.165, 1.54) is 25.9 Å². The Bertz CT molecular complexity index is 2090. The Morgan fingerprint density at radius 1 is 0.776 bits per heavy atom. The molecule has 4 rings (SSSR count). The molecule has 2 aliphatic rings. The van der Waals surface area contributed by atoms with Gasteiger partial charge in [-0.15, -0.1) is 0 Å². The molecule has 2 heterocycles. The normalized spacial score (nSPS) is 25.3. The molecule has 6 N–H and O–H groups in total. The molecule has 2 bridgehead atoms. The molecule has 0 spiro atoms. The maximum Gasteiger partial charge on any atom is 0.329 e. The fourth-order valence-electron chi connectivity index (χ4n) is 8.29. The number of fused-ring (bicyclic) bond motifs is 2. The van der Waals surface area contributed by atoms with Crippen molar-refractivity contribution >= 4 is 53.3 Å². The van der Waals surface area contributed by atoms with E-state index in [2.05, 4.69) is 21.3 Å². The Labute approximate surface area is 391 Å². The monoisotopic (exact) mass is 933 g/mol. The van der Waals surface area contributed by atoms with Crippen LogP contribution in [-0.2, 0) is 60.7 Å². The van der Waals surface area contributed by atoms with Gasteiger partial charge in [0.2, 0.25) is 41.4 Å². The zero-order valence-corrected chi connectivity index (χ0v) is 39.6. The number of amides is 7. The Morgan fingerprint density at radius 3 is 1.87 bits per heavy atom. The number of cyclic esters (lactones) is 1. The smallest absolute Gasteiger partial charge is 0.329 e. The molecule has 2 aromatic rings. The highest BCUT2D eigenvalue weighted by atomic mass is 16.5. The van der Waals surface area contributed by atoms with E-state index in [1.807, 2.05) is 0 Å². The van der Waals surface area contributed by atoms with Crippen molar-refractivity contribution in [3.05, 3.63) is 71.8 Å². The van der Waals surface area contributed by atoms with Crippen LogP contribution in [0.25, 0.3) is 0 Å². The van der Waals surface area contributed by atoms with Crippen molar-refractivity contribution in [1.29, 1.82) is 0 Å². The summed E-state index contributed by atoms with van der Waals surface area (Å²) in [5, 5.41) is 31.6. The van der Waals surface area contributed by atoms with Gasteiger partial charge >= 0.3 is 11.9 Å². The average Bonchev–Trinajstić information content (AvgIpc) is 3.27. The van der Waals surface area contributed by atoms with Crippen LogP contribution in [0.1, 0.15) is 91.2 Å². The van der Waals surface area contributed by atoms with Crippen molar-refractivity contribution in [3.63, 3.8) is 0 Å². The Kier molecular flexibility index (Phi) is 19.4. The lowest BCUT2D eigenvalue weighted by Gasteiger charge is -2.43. The van der Waals surface area contributed by atoms with Gasteiger partial charge in [0.05, 0.1) is 6.42 Å². The van der Waals surface area contributed by atoms with Gasteiger partial charge in [0.25, 0.3) is 0 Å². The van der Waals surface area contributed by atoms with Crippen LogP contribution in [0.15, 0.2) is 60.7 Å². The molecule has 9 atom stereocenters. The summed E-state index contributed by atoms with van der Waals surface area (Å²) in [5.41, 5.74) is 1.29. The number of benzene rings is 2. The number of carbonyl (C=O) groups excluding carboxylic acids is 8. The first-order valence-corrected chi connectivity index (χ1v) is 22.9. The predicted molar refractivity (Wildman–Crippen MR) is 244 cm³/mol. The summed E-state index contributed by atoms with van der Waals surface area (Å²) < 4.78 is 5.88. The topological polar surface area (TPSA) is 261 Å². The van der Waals surface area contributed by atoms with Crippen molar-refractivity contribution in [3.8, 4) is 0 Å². The molecule has 2 aliphatic heterocycles. The summed E-state index contributed by atoms with van der Waals surface area (Å²) in [7, 11) is 2.68. The molecular formula is C48H67N7O12. The number of piperidine rings is 1. The van der Waals surface area contributed by atoms with E-state index in [9.17, 15) is 48.6 Å². The highest BCUT2D eigenvalue weighted by molar-refractivity contribution is 5.99. The maximum atomic E-state index is 15.0. The number of carbonyl (C=O) groups is 9. The van der Waals surface area contributed by atoms with Gasteiger partial charge in [0, 0.05) is 33.4 Å². The third-order valence-electron chi connectivity index (χ3n) is 12.1. The lowest BCUT2D eigenvalue weighted by molar-refractivity contribution is -0.165. The number of likely N-dealkylation sites (N-methyl/N-ethyl adjacent to an activating group) is 2. The number of hydrogen-bond donors (Lipinski definition) is 6. The van der Waals surface area contributed by atoms with E-state index in [-0.39, 0.29) is 44.4 Å². The molecule has 2 saturated heterocycles. The highest BCUT2D eigenvalue weighted by Gasteiger charge is 2.46. The molecule has 366 valence electrons. The van der Waals surface area contributed by atoms with E-state index in [4.69, 9.17) is 4.74 Å². The largest absolute Gasteiger partial charge is 0.481 e. The summed E-state index contributed by atoms with van der Waals surface area (Å²) in [6.45, 7) is 9.87. The molecule has 2 fully saturated rings. The summed E-state index contributed by atoms with van der Waals surface area (Å²) in [6.07, 6.45) is -3.69. The van der Waals surface area contributed by atoms with Crippen LogP contribution >= 0.6 is 0 Å². The van der Waals surface area contributed by atoms with E-state index in [1.54, 1.807) is 95.3 Å². The molecule has 19 heteroatoms. The van der Waals surface area contributed by atoms with Gasteiger partial charge < -0.3 is 50.9 Å². The zero-order valence-electron chi connectivity index (χ0n) is 39.6. The van der Waals surface area contributed by atoms with Crippen molar-refractivity contribution in [2.45, 2.75) is 148 Å². The number of carboxylic acid groups (broad SMARTS) is 1. The SMILES string of the molecule is CCCC(=O)NC(CC(=O)O)C(=O)NC1C(=O)N(C)C(CC(C)C)C(=O)NC2CCC(O)N(C2=O)C(Cc2ccccc2)C(=O)N(C)C(Cc2ccccc2)C(=O)NC(C(C)C)C(=O)OC1C. The number of esters is 1. The number of hydrogen-bond acceptors (Lipinski definition) is 11. The molecule has 2 aromatic carbocycles. The zero-order chi connectivity index (χ0) is 49.7. The summed E-state index contributed by atoms with van der Waals surface area (Å²) in [5.74, 6) is -9.03. The van der Waals surface area contributed by atoms with Crippen molar-refractivity contribution in [2.24, 2.45) is 11.8 Å². The Hall–Kier alpha value is -6.37. The third kappa shape index (κ3) is 14.3. The molecule has 0 aromatic heterocycles. The summed E-state index contributed by atoms with van der Waals surface area (Å²) in [4.78, 5) is 129. The molecule has 0 saturated carbocycles. The van der Waals surface area contributed by atoms with Crippen LogP contribution in [0, 0.1) is 11.8 Å². The van der Waals surface area contributed by atoms with Gasteiger partial charge in [-0.25, -0.2) is 4.79 Å². The summed E-state index contributed by atoms with van der Waals surface area (Å²) in [6, 6.07) is 7.49. The van der Waals surface area contributed by atoms with Gasteiger partial charge in [0.15, 0.2) is 0 Å². The number of aliphatic hydroxyl groups is 1. The molecule has 19 nitrogen and oxygen atoms in total. The van der Waals surface area contributed by atoms with Gasteiger partial charge in [-0.2, -0.15) is 0 Å². The van der Waals surface area contributed by atoms with Crippen LogP contribution in [0.2, 0.25) is 0 Å². The van der Waals surface area contributed by atoms with Gasteiger partial charge in [-0.1, -0.05) is 95.3 Å².